The summed E-state index contributed by atoms with van der Waals surface area (Å²) in [5, 5.41) is 15.6. The Morgan fingerprint density at radius 3 is 2.42 bits per heavy atom. The number of rotatable bonds is 10. The van der Waals surface area contributed by atoms with Crippen LogP contribution in [0.5, 0.6) is 11.5 Å². The van der Waals surface area contributed by atoms with Crippen LogP contribution in [0.4, 0.5) is 17.1 Å². The number of hydrogen-bond donors (Lipinski definition) is 2. The molecule has 3 rings (SSSR count). The molecular formula is C22H22N4O6S. The molecule has 11 heteroatoms. The van der Waals surface area contributed by atoms with Crippen molar-refractivity contribution in [2.45, 2.75) is 11.8 Å². The van der Waals surface area contributed by atoms with Gasteiger partial charge in [-0.05, 0) is 43.3 Å². The highest BCUT2D eigenvalue weighted by molar-refractivity contribution is 7.92. The summed E-state index contributed by atoms with van der Waals surface area (Å²) >= 11 is 0. The van der Waals surface area contributed by atoms with Crippen molar-refractivity contribution in [2.24, 2.45) is 5.10 Å². The molecule has 2 N–H and O–H groups in total. The lowest BCUT2D eigenvalue weighted by Crippen LogP contribution is -2.14. The highest BCUT2D eigenvalue weighted by Gasteiger charge is 2.22. The molecule has 0 aliphatic rings. The van der Waals surface area contributed by atoms with E-state index in [0.29, 0.717) is 23.7 Å². The van der Waals surface area contributed by atoms with Crippen LogP contribution < -0.4 is 19.6 Å². The van der Waals surface area contributed by atoms with Gasteiger partial charge in [-0.25, -0.2) is 8.42 Å². The SMILES string of the molecule is CCOc1ccccc1C=NNc1ccc(S(=O)(=O)Nc2ccccc2OC)cc1[N+](=O)[O-]. The van der Waals surface area contributed by atoms with Gasteiger partial charge in [0.2, 0.25) is 0 Å². The molecule has 3 aromatic rings. The monoisotopic (exact) mass is 470 g/mol. The standard InChI is InChI=1S/C22H22N4O6S/c1-3-32-21-10-6-4-8-16(21)15-23-24-18-13-12-17(14-20(18)26(27)28)33(29,30)25-19-9-5-7-11-22(19)31-2/h4-15,24-25H,3H2,1-2H3. The first-order valence-electron chi connectivity index (χ1n) is 9.81. The zero-order valence-corrected chi connectivity index (χ0v) is 18.7. The number of nitro groups is 1. The Hall–Kier alpha value is -4.12. The third kappa shape index (κ3) is 5.77. The van der Waals surface area contributed by atoms with Crippen LogP contribution in [0.2, 0.25) is 0 Å². The summed E-state index contributed by atoms with van der Waals surface area (Å²) in [6.45, 7) is 2.33. The Bertz CT molecular complexity index is 1280. The first-order valence-corrected chi connectivity index (χ1v) is 11.3. The highest BCUT2D eigenvalue weighted by atomic mass is 32.2. The molecule has 0 aromatic heterocycles. The van der Waals surface area contributed by atoms with Gasteiger partial charge >= 0.3 is 0 Å². The second-order valence-electron chi connectivity index (χ2n) is 6.58. The topological polar surface area (TPSA) is 132 Å². The predicted octanol–water partition coefficient (Wildman–Crippen LogP) is 4.25. The number of methoxy groups -OCH3 is 1. The number of nitrogens with one attached hydrogen (secondary N) is 2. The van der Waals surface area contributed by atoms with Crippen LogP contribution in [0.15, 0.2) is 76.7 Å². The molecule has 0 fully saturated rings. The van der Waals surface area contributed by atoms with Gasteiger partial charge in [0.25, 0.3) is 15.7 Å². The van der Waals surface area contributed by atoms with E-state index in [2.05, 4.69) is 15.2 Å². The molecule has 0 aliphatic carbocycles. The third-order valence-electron chi connectivity index (χ3n) is 4.43. The van der Waals surface area contributed by atoms with Gasteiger partial charge in [-0.15, -0.1) is 0 Å². The summed E-state index contributed by atoms with van der Waals surface area (Å²) in [6, 6.07) is 17.1. The van der Waals surface area contributed by atoms with E-state index >= 15 is 0 Å². The molecule has 0 saturated heterocycles. The number of ether oxygens (including phenoxy) is 2. The van der Waals surface area contributed by atoms with Crippen molar-refractivity contribution in [3.05, 3.63) is 82.4 Å². The quantitative estimate of drug-likeness (QED) is 0.257. The molecule has 0 atom stereocenters. The third-order valence-corrected chi connectivity index (χ3v) is 5.80. The van der Waals surface area contributed by atoms with Gasteiger partial charge in [-0.3, -0.25) is 20.3 Å². The zero-order valence-electron chi connectivity index (χ0n) is 17.9. The fourth-order valence-corrected chi connectivity index (χ4v) is 3.99. The first-order chi connectivity index (χ1) is 15.9. The molecule has 0 unspecified atom stereocenters. The van der Waals surface area contributed by atoms with Crippen molar-refractivity contribution in [2.75, 3.05) is 23.9 Å². The van der Waals surface area contributed by atoms with E-state index in [-0.39, 0.29) is 16.3 Å². The molecule has 0 amide bonds. The zero-order chi connectivity index (χ0) is 23.8. The van der Waals surface area contributed by atoms with E-state index in [4.69, 9.17) is 9.47 Å². The number of hydrazone groups is 1. The molecule has 0 heterocycles. The summed E-state index contributed by atoms with van der Waals surface area (Å²) < 4.78 is 38.6. The lowest BCUT2D eigenvalue weighted by molar-refractivity contribution is -0.384. The molecule has 0 spiro atoms. The molecule has 172 valence electrons. The summed E-state index contributed by atoms with van der Waals surface area (Å²) in [7, 11) is -2.70. The number of hydrogen-bond acceptors (Lipinski definition) is 8. The number of anilines is 2. The largest absolute Gasteiger partial charge is 0.495 e. The molecule has 10 nitrogen and oxygen atoms in total. The van der Waals surface area contributed by atoms with E-state index in [1.807, 2.05) is 13.0 Å². The molecule has 0 radical (unpaired) electrons. The average molecular weight is 471 g/mol. The highest BCUT2D eigenvalue weighted by Crippen LogP contribution is 2.30. The van der Waals surface area contributed by atoms with Gasteiger partial charge in [-0.2, -0.15) is 5.10 Å². The van der Waals surface area contributed by atoms with E-state index in [1.54, 1.807) is 36.4 Å². The number of nitro benzene ring substituents is 1. The second-order valence-corrected chi connectivity index (χ2v) is 8.27. The lowest BCUT2D eigenvalue weighted by Gasteiger charge is -2.12. The fraction of sp³-hybridized carbons (Fsp3) is 0.136. The van der Waals surface area contributed by atoms with Crippen molar-refractivity contribution in [1.29, 1.82) is 0 Å². The maximum absolute atomic E-state index is 12.8. The van der Waals surface area contributed by atoms with Crippen LogP contribution in [0.25, 0.3) is 0 Å². The minimum atomic E-state index is -4.11. The maximum Gasteiger partial charge on any atom is 0.295 e. The van der Waals surface area contributed by atoms with Crippen molar-refractivity contribution in [3.8, 4) is 11.5 Å². The molecule has 0 bridgehead atoms. The summed E-state index contributed by atoms with van der Waals surface area (Å²) in [6.07, 6.45) is 1.46. The van der Waals surface area contributed by atoms with Crippen molar-refractivity contribution < 1.29 is 22.8 Å². The van der Waals surface area contributed by atoms with Gasteiger partial charge in [0.15, 0.2) is 0 Å². The Morgan fingerprint density at radius 1 is 1.03 bits per heavy atom. The van der Waals surface area contributed by atoms with Gasteiger partial charge in [-0.1, -0.05) is 24.3 Å². The Labute approximate surface area is 191 Å². The van der Waals surface area contributed by atoms with Crippen LogP contribution in [0.1, 0.15) is 12.5 Å². The van der Waals surface area contributed by atoms with Crippen LogP contribution in [0, 0.1) is 10.1 Å². The van der Waals surface area contributed by atoms with Crippen LogP contribution in [0.3, 0.4) is 0 Å². The van der Waals surface area contributed by atoms with Gasteiger partial charge < -0.3 is 9.47 Å². The number of nitrogens with zero attached hydrogens (tertiary/aromatic N) is 2. The minimum absolute atomic E-state index is 0.0291. The Kier molecular flexibility index (Phi) is 7.46. The van der Waals surface area contributed by atoms with Crippen LogP contribution >= 0.6 is 0 Å². The van der Waals surface area contributed by atoms with E-state index in [0.717, 1.165) is 6.07 Å². The fourth-order valence-electron chi connectivity index (χ4n) is 2.90. The summed E-state index contributed by atoms with van der Waals surface area (Å²) in [4.78, 5) is 10.6. The Morgan fingerprint density at radius 2 is 1.73 bits per heavy atom. The normalized spacial score (nSPS) is 11.2. The van der Waals surface area contributed by atoms with Gasteiger partial charge in [0.1, 0.15) is 17.2 Å². The maximum atomic E-state index is 12.8. The number of para-hydroxylation sites is 3. The van der Waals surface area contributed by atoms with Gasteiger partial charge in [0.05, 0.1) is 35.4 Å². The molecular weight excluding hydrogens is 448 g/mol. The van der Waals surface area contributed by atoms with E-state index < -0.39 is 20.6 Å². The van der Waals surface area contributed by atoms with E-state index in [1.165, 1.54) is 31.5 Å². The Balaban J connectivity index is 1.86. The smallest absolute Gasteiger partial charge is 0.295 e. The lowest BCUT2D eigenvalue weighted by atomic mass is 10.2. The van der Waals surface area contributed by atoms with Crippen LogP contribution in [-0.4, -0.2) is 33.3 Å². The average Bonchev–Trinajstić information content (AvgIpc) is 2.80. The van der Waals surface area contributed by atoms with Crippen LogP contribution in [-0.2, 0) is 10.0 Å². The van der Waals surface area contributed by atoms with Crippen molar-refractivity contribution >= 4 is 33.3 Å². The molecule has 0 saturated carbocycles. The predicted molar refractivity (Wildman–Crippen MR) is 126 cm³/mol. The van der Waals surface area contributed by atoms with E-state index in [9.17, 15) is 18.5 Å². The molecule has 3 aromatic carbocycles. The van der Waals surface area contributed by atoms with Gasteiger partial charge in [0, 0.05) is 11.6 Å². The second kappa shape index (κ2) is 10.5. The number of sulfonamides is 1. The van der Waals surface area contributed by atoms with Crippen molar-refractivity contribution in [3.63, 3.8) is 0 Å². The van der Waals surface area contributed by atoms with Crippen molar-refractivity contribution in [1.82, 2.24) is 0 Å². The minimum Gasteiger partial charge on any atom is -0.495 e. The summed E-state index contributed by atoms with van der Waals surface area (Å²) in [5.41, 5.74) is 3.06. The first kappa shape index (κ1) is 23.5. The molecule has 33 heavy (non-hydrogen) atoms. The number of benzene rings is 3. The molecule has 0 aliphatic heterocycles. The summed E-state index contributed by atoms with van der Waals surface area (Å²) in [5.74, 6) is 0.930.